The van der Waals surface area contributed by atoms with Gasteiger partial charge in [-0.2, -0.15) is 0 Å². The van der Waals surface area contributed by atoms with Crippen LogP contribution >= 0.6 is 23.5 Å². The molecule has 6 heteroatoms. The predicted molar refractivity (Wildman–Crippen MR) is 105 cm³/mol. The summed E-state index contributed by atoms with van der Waals surface area (Å²) in [6.45, 7) is 4.35. The van der Waals surface area contributed by atoms with E-state index in [2.05, 4.69) is 5.32 Å². The summed E-state index contributed by atoms with van der Waals surface area (Å²) in [6.07, 6.45) is 0.466. The fraction of sp³-hybridized carbons (Fsp3) is 0.316. The zero-order valence-corrected chi connectivity index (χ0v) is 16.0. The molecule has 1 amide bonds. The lowest BCUT2D eigenvalue weighted by Gasteiger charge is -2.07. The summed E-state index contributed by atoms with van der Waals surface area (Å²) in [5.74, 6) is 2.15. The minimum absolute atomic E-state index is 0.0467. The van der Waals surface area contributed by atoms with Gasteiger partial charge in [0.25, 0.3) is 0 Å². The van der Waals surface area contributed by atoms with Gasteiger partial charge in [-0.05, 0) is 61.4 Å². The Morgan fingerprint density at radius 1 is 0.920 bits per heavy atom. The molecule has 2 aromatic rings. The van der Waals surface area contributed by atoms with Crippen LogP contribution in [0.1, 0.15) is 17.5 Å². The van der Waals surface area contributed by atoms with E-state index < -0.39 is 0 Å². The average Bonchev–Trinajstić information content (AvgIpc) is 2.58. The number of benzene rings is 2. The lowest BCUT2D eigenvalue weighted by molar-refractivity contribution is -0.120. The number of carbonyl (C=O) groups is 1. The molecule has 2 aromatic carbocycles. The first-order chi connectivity index (χ1) is 12.0. The molecule has 4 nitrogen and oxygen atoms in total. The van der Waals surface area contributed by atoms with Gasteiger partial charge in [0.1, 0.15) is 11.5 Å². The van der Waals surface area contributed by atoms with Crippen LogP contribution in [0.5, 0.6) is 11.5 Å². The molecular formula is C19H23NO3S2. The maximum Gasteiger partial charge on any atom is 0.220 e. The first kappa shape index (κ1) is 19.5. The zero-order chi connectivity index (χ0) is 18.2. The maximum absolute atomic E-state index is 11.9. The molecule has 0 heterocycles. The molecule has 3 N–H and O–H groups in total. The van der Waals surface area contributed by atoms with Gasteiger partial charge in [0, 0.05) is 34.3 Å². The number of hydrogen-bond donors (Lipinski definition) is 3. The summed E-state index contributed by atoms with van der Waals surface area (Å²) in [6, 6.07) is 11.0. The van der Waals surface area contributed by atoms with Crippen LogP contribution in [-0.2, 0) is 4.79 Å². The first-order valence-corrected chi connectivity index (χ1v) is 10.0. The molecule has 0 aliphatic carbocycles. The Bertz CT molecular complexity index is 735. The number of amides is 1. The van der Waals surface area contributed by atoms with Crippen molar-refractivity contribution in [2.75, 3.05) is 18.1 Å². The first-order valence-electron chi connectivity index (χ1n) is 8.07. The molecule has 0 aromatic heterocycles. The molecule has 0 radical (unpaired) electrons. The van der Waals surface area contributed by atoms with Crippen LogP contribution in [0.15, 0.2) is 46.2 Å². The predicted octanol–water partition coefficient (Wildman–Crippen LogP) is 4.11. The number of nitrogens with one attached hydrogen (secondary N) is 1. The lowest BCUT2D eigenvalue weighted by Crippen LogP contribution is -2.25. The highest BCUT2D eigenvalue weighted by atomic mass is 32.2. The Balaban J connectivity index is 1.62. The molecule has 0 fully saturated rings. The Labute approximate surface area is 157 Å². The van der Waals surface area contributed by atoms with Crippen LogP contribution in [0.4, 0.5) is 0 Å². The topological polar surface area (TPSA) is 69.6 Å². The van der Waals surface area contributed by atoms with Crippen molar-refractivity contribution >= 4 is 29.4 Å². The third kappa shape index (κ3) is 6.55. The Hall–Kier alpha value is -1.79. The van der Waals surface area contributed by atoms with Gasteiger partial charge < -0.3 is 15.5 Å². The van der Waals surface area contributed by atoms with Gasteiger partial charge in [-0.3, -0.25) is 4.79 Å². The summed E-state index contributed by atoms with van der Waals surface area (Å²) in [5, 5.41) is 21.9. The second-order valence-corrected chi connectivity index (χ2v) is 8.03. The largest absolute Gasteiger partial charge is 0.508 e. The molecule has 0 atom stereocenters. The summed E-state index contributed by atoms with van der Waals surface area (Å²) in [7, 11) is 0. The van der Waals surface area contributed by atoms with Crippen molar-refractivity contribution in [3.05, 3.63) is 47.5 Å². The van der Waals surface area contributed by atoms with E-state index in [0.29, 0.717) is 30.2 Å². The van der Waals surface area contributed by atoms with E-state index in [1.165, 1.54) is 0 Å². The van der Waals surface area contributed by atoms with E-state index >= 15 is 0 Å². The minimum atomic E-state index is 0.0467. The fourth-order valence-electron chi connectivity index (χ4n) is 2.14. The van der Waals surface area contributed by atoms with Crippen molar-refractivity contribution in [1.82, 2.24) is 5.32 Å². The van der Waals surface area contributed by atoms with Crippen molar-refractivity contribution in [3.8, 4) is 11.5 Å². The average molecular weight is 378 g/mol. The van der Waals surface area contributed by atoms with Crippen LogP contribution in [0.3, 0.4) is 0 Å². The van der Waals surface area contributed by atoms with Crippen molar-refractivity contribution in [1.29, 1.82) is 0 Å². The van der Waals surface area contributed by atoms with Gasteiger partial charge in [0.2, 0.25) is 5.91 Å². The van der Waals surface area contributed by atoms with Crippen molar-refractivity contribution in [3.63, 3.8) is 0 Å². The van der Waals surface area contributed by atoms with Crippen molar-refractivity contribution < 1.29 is 15.0 Å². The van der Waals surface area contributed by atoms with E-state index in [1.54, 1.807) is 35.7 Å². The summed E-state index contributed by atoms with van der Waals surface area (Å²) >= 11 is 3.26. The van der Waals surface area contributed by atoms with E-state index in [-0.39, 0.29) is 5.91 Å². The fourth-order valence-corrected chi connectivity index (χ4v) is 3.96. The highest BCUT2D eigenvalue weighted by Crippen LogP contribution is 2.25. The smallest absolute Gasteiger partial charge is 0.220 e. The molecule has 0 bridgehead atoms. The second kappa shape index (κ2) is 9.63. The van der Waals surface area contributed by atoms with Crippen LogP contribution in [-0.4, -0.2) is 34.2 Å². The Kier molecular flexibility index (Phi) is 7.52. The van der Waals surface area contributed by atoms with Gasteiger partial charge in [-0.1, -0.05) is 0 Å². The summed E-state index contributed by atoms with van der Waals surface area (Å²) in [4.78, 5) is 14.0. The third-order valence-electron chi connectivity index (χ3n) is 3.63. The van der Waals surface area contributed by atoms with Crippen molar-refractivity contribution in [2.45, 2.75) is 30.1 Å². The quantitative estimate of drug-likeness (QED) is 0.477. The molecule has 0 saturated heterocycles. The second-order valence-electron chi connectivity index (χ2n) is 5.69. The van der Waals surface area contributed by atoms with Crippen LogP contribution < -0.4 is 5.32 Å². The Morgan fingerprint density at radius 3 is 1.96 bits per heavy atom. The SMILES string of the molecule is Cc1cc(SCCNC(=O)CCSc2ccc(O)c(C)c2)ccc1O. The molecule has 0 aliphatic rings. The number of aryl methyl sites for hydroxylation is 2. The van der Waals surface area contributed by atoms with Gasteiger partial charge in [-0.25, -0.2) is 0 Å². The zero-order valence-electron chi connectivity index (χ0n) is 14.4. The van der Waals surface area contributed by atoms with Gasteiger partial charge in [0.15, 0.2) is 0 Å². The molecule has 0 unspecified atom stereocenters. The molecule has 2 rings (SSSR count). The maximum atomic E-state index is 11.9. The molecule has 25 heavy (non-hydrogen) atoms. The van der Waals surface area contributed by atoms with Crippen LogP contribution in [0.2, 0.25) is 0 Å². The van der Waals surface area contributed by atoms with Gasteiger partial charge >= 0.3 is 0 Å². The van der Waals surface area contributed by atoms with E-state index in [9.17, 15) is 15.0 Å². The highest BCUT2D eigenvalue weighted by molar-refractivity contribution is 7.99. The Morgan fingerprint density at radius 2 is 1.44 bits per heavy atom. The van der Waals surface area contributed by atoms with Crippen LogP contribution in [0.25, 0.3) is 0 Å². The van der Waals surface area contributed by atoms with Gasteiger partial charge in [0.05, 0.1) is 0 Å². The number of thioether (sulfide) groups is 2. The number of phenols is 2. The standard InChI is InChI=1S/C19H23NO3S2/c1-13-11-15(3-5-17(13)21)24-9-7-19(23)20-8-10-25-16-4-6-18(22)14(2)12-16/h3-6,11-12,21-22H,7-10H2,1-2H3,(H,20,23). The van der Waals surface area contributed by atoms with E-state index in [4.69, 9.17) is 0 Å². The van der Waals surface area contributed by atoms with Gasteiger partial charge in [-0.15, -0.1) is 23.5 Å². The van der Waals surface area contributed by atoms with E-state index in [1.807, 2.05) is 38.1 Å². The van der Waals surface area contributed by atoms with Crippen molar-refractivity contribution in [2.24, 2.45) is 0 Å². The van der Waals surface area contributed by atoms with E-state index in [0.717, 1.165) is 26.7 Å². The number of phenolic OH excluding ortho intramolecular Hbond substituents is 2. The summed E-state index contributed by atoms with van der Waals surface area (Å²) in [5.41, 5.74) is 1.70. The molecule has 0 saturated carbocycles. The number of carbonyl (C=O) groups excluding carboxylic acids is 1. The molecule has 134 valence electrons. The summed E-state index contributed by atoms with van der Waals surface area (Å²) < 4.78 is 0. The van der Waals surface area contributed by atoms with Crippen LogP contribution in [0, 0.1) is 13.8 Å². The minimum Gasteiger partial charge on any atom is -0.508 e. The third-order valence-corrected chi connectivity index (χ3v) is 5.62. The lowest BCUT2D eigenvalue weighted by atomic mass is 10.2. The number of hydrogen-bond acceptors (Lipinski definition) is 5. The normalized spacial score (nSPS) is 10.6. The molecular weight excluding hydrogens is 354 g/mol. The monoisotopic (exact) mass is 377 g/mol. The molecule has 0 aliphatic heterocycles. The number of aromatic hydroxyl groups is 2. The highest BCUT2D eigenvalue weighted by Gasteiger charge is 2.04. The number of rotatable bonds is 8. The molecule has 0 spiro atoms.